The summed E-state index contributed by atoms with van der Waals surface area (Å²) in [4.78, 5) is 24.9. The van der Waals surface area contributed by atoms with E-state index in [2.05, 4.69) is 5.32 Å². The van der Waals surface area contributed by atoms with E-state index in [4.69, 9.17) is 4.74 Å². The van der Waals surface area contributed by atoms with Crippen molar-refractivity contribution in [1.82, 2.24) is 10.2 Å². The fourth-order valence-corrected chi connectivity index (χ4v) is 3.48. The van der Waals surface area contributed by atoms with Gasteiger partial charge in [-0.25, -0.2) is 0 Å². The number of rotatable bonds is 8. The smallest absolute Gasteiger partial charge is 0.320 e. The number of carboxylic acids is 1. The van der Waals surface area contributed by atoms with Crippen molar-refractivity contribution in [3.05, 3.63) is 0 Å². The average Bonchev–Trinajstić information content (AvgIpc) is 2.56. The van der Waals surface area contributed by atoms with Gasteiger partial charge in [0.25, 0.3) is 0 Å². The Bertz CT molecular complexity index is 383. The van der Waals surface area contributed by atoms with E-state index in [1.165, 1.54) is 19.3 Å². The zero-order valence-electron chi connectivity index (χ0n) is 14.0. The van der Waals surface area contributed by atoms with Crippen LogP contribution in [-0.2, 0) is 14.3 Å². The molecule has 2 rings (SSSR count). The van der Waals surface area contributed by atoms with Crippen molar-refractivity contribution >= 4 is 11.9 Å². The second kappa shape index (κ2) is 9.88. The van der Waals surface area contributed by atoms with Crippen LogP contribution in [0.25, 0.3) is 0 Å². The Morgan fingerprint density at radius 3 is 2.57 bits per heavy atom. The van der Waals surface area contributed by atoms with E-state index in [0.717, 1.165) is 32.1 Å². The molecule has 2 aliphatic rings. The van der Waals surface area contributed by atoms with Crippen LogP contribution in [0.3, 0.4) is 0 Å². The lowest BCUT2D eigenvalue weighted by atomic mass is 9.98. The Balaban J connectivity index is 1.56. The minimum absolute atomic E-state index is 0.0872. The summed E-state index contributed by atoms with van der Waals surface area (Å²) in [6.45, 7) is 2.15. The molecular weight excluding hydrogens is 296 g/mol. The van der Waals surface area contributed by atoms with Crippen LogP contribution in [-0.4, -0.2) is 60.3 Å². The number of ether oxygens (including phenoxy) is 1. The molecule has 0 spiro atoms. The molecule has 1 aliphatic heterocycles. The molecule has 0 radical (unpaired) electrons. The van der Waals surface area contributed by atoms with Crippen LogP contribution in [0, 0.1) is 0 Å². The number of nitrogens with one attached hydrogen (secondary N) is 1. The molecule has 0 aromatic carbocycles. The van der Waals surface area contributed by atoms with E-state index in [1.807, 2.05) is 0 Å². The average molecular weight is 326 g/mol. The number of carboxylic acid groups (broad SMARTS) is 1. The van der Waals surface area contributed by atoms with Crippen molar-refractivity contribution < 1.29 is 19.4 Å². The SMILES string of the molecule is O=C(CN1CCCCC1C(=O)O)NCCCOC1CCCCC1. The predicted molar refractivity (Wildman–Crippen MR) is 87.3 cm³/mol. The van der Waals surface area contributed by atoms with Gasteiger partial charge < -0.3 is 15.2 Å². The molecule has 2 N–H and O–H groups in total. The molecule has 1 heterocycles. The van der Waals surface area contributed by atoms with Gasteiger partial charge in [-0.1, -0.05) is 25.7 Å². The molecule has 6 nitrogen and oxygen atoms in total. The maximum Gasteiger partial charge on any atom is 0.320 e. The van der Waals surface area contributed by atoms with Gasteiger partial charge >= 0.3 is 5.97 Å². The van der Waals surface area contributed by atoms with Crippen molar-refractivity contribution in [3.8, 4) is 0 Å². The van der Waals surface area contributed by atoms with Gasteiger partial charge in [-0.2, -0.15) is 0 Å². The molecule has 1 saturated heterocycles. The lowest BCUT2D eigenvalue weighted by Crippen LogP contribution is -2.49. The van der Waals surface area contributed by atoms with E-state index < -0.39 is 12.0 Å². The number of aliphatic carboxylic acids is 1. The Morgan fingerprint density at radius 1 is 1.09 bits per heavy atom. The van der Waals surface area contributed by atoms with Gasteiger partial charge in [0.1, 0.15) is 6.04 Å². The second-order valence-corrected chi connectivity index (χ2v) is 6.65. The summed E-state index contributed by atoms with van der Waals surface area (Å²) in [5.74, 6) is -0.908. The Hall–Kier alpha value is -1.14. The van der Waals surface area contributed by atoms with E-state index in [1.54, 1.807) is 4.90 Å². The second-order valence-electron chi connectivity index (χ2n) is 6.65. The maximum absolute atomic E-state index is 12.0. The highest BCUT2D eigenvalue weighted by Gasteiger charge is 2.29. The first-order chi connectivity index (χ1) is 11.2. The fourth-order valence-electron chi connectivity index (χ4n) is 3.48. The first-order valence-corrected chi connectivity index (χ1v) is 9.02. The number of piperidine rings is 1. The van der Waals surface area contributed by atoms with Crippen LogP contribution < -0.4 is 5.32 Å². The summed E-state index contributed by atoms with van der Waals surface area (Å²) in [5.41, 5.74) is 0. The molecule has 0 bridgehead atoms. The number of carbonyl (C=O) groups excluding carboxylic acids is 1. The zero-order valence-corrected chi connectivity index (χ0v) is 14.0. The van der Waals surface area contributed by atoms with Crippen LogP contribution >= 0.6 is 0 Å². The van der Waals surface area contributed by atoms with Crippen LogP contribution in [0.5, 0.6) is 0 Å². The molecule has 0 aromatic rings. The van der Waals surface area contributed by atoms with Crippen LogP contribution in [0.2, 0.25) is 0 Å². The van der Waals surface area contributed by atoms with E-state index >= 15 is 0 Å². The Morgan fingerprint density at radius 2 is 1.83 bits per heavy atom. The highest BCUT2D eigenvalue weighted by atomic mass is 16.5. The molecule has 2 fully saturated rings. The predicted octanol–water partition coefficient (Wildman–Crippen LogP) is 1.78. The lowest BCUT2D eigenvalue weighted by molar-refractivity contribution is -0.145. The first-order valence-electron chi connectivity index (χ1n) is 9.02. The standard InChI is InChI=1S/C17H30N2O4/c20-16(13-19-11-5-4-9-15(19)17(21)22)18-10-6-12-23-14-7-2-1-3-8-14/h14-15H,1-13H2,(H,18,20)(H,21,22). The third-order valence-corrected chi connectivity index (χ3v) is 4.79. The Labute approximate surface area is 138 Å². The van der Waals surface area contributed by atoms with Crippen LogP contribution in [0.4, 0.5) is 0 Å². The lowest BCUT2D eigenvalue weighted by Gasteiger charge is -2.32. The molecular formula is C17H30N2O4. The molecule has 1 atom stereocenters. The normalized spacial score (nSPS) is 23.6. The van der Waals surface area contributed by atoms with Gasteiger partial charge in [-0.15, -0.1) is 0 Å². The van der Waals surface area contributed by atoms with E-state index in [0.29, 0.717) is 32.2 Å². The van der Waals surface area contributed by atoms with E-state index in [9.17, 15) is 14.7 Å². The molecule has 1 saturated carbocycles. The number of carbonyl (C=O) groups is 2. The number of nitrogens with zero attached hydrogens (tertiary/aromatic N) is 1. The minimum Gasteiger partial charge on any atom is -0.480 e. The maximum atomic E-state index is 12.0. The van der Waals surface area contributed by atoms with Crippen molar-refractivity contribution in [2.45, 2.75) is 69.9 Å². The first kappa shape index (κ1) is 18.2. The van der Waals surface area contributed by atoms with Gasteiger partial charge in [0.05, 0.1) is 12.6 Å². The highest BCUT2D eigenvalue weighted by molar-refractivity contribution is 5.80. The summed E-state index contributed by atoms with van der Waals surface area (Å²) in [6, 6.07) is -0.510. The van der Waals surface area contributed by atoms with Gasteiger partial charge in [-0.05, 0) is 38.6 Å². The molecule has 1 amide bonds. The highest BCUT2D eigenvalue weighted by Crippen LogP contribution is 2.20. The third kappa shape index (κ3) is 6.47. The monoisotopic (exact) mass is 326 g/mol. The largest absolute Gasteiger partial charge is 0.480 e. The van der Waals surface area contributed by atoms with Gasteiger partial charge in [-0.3, -0.25) is 14.5 Å². The summed E-state index contributed by atoms with van der Waals surface area (Å²) in [5, 5.41) is 12.1. The van der Waals surface area contributed by atoms with Crippen molar-refractivity contribution in [1.29, 1.82) is 0 Å². The number of amides is 1. The zero-order chi connectivity index (χ0) is 16.5. The van der Waals surface area contributed by atoms with Gasteiger partial charge in [0.2, 0.25) is 5.91 Å². The molecule has 0 aromatic heterocycles. The number of likely N-dealkylation sites (tertiary alicyclic amines) is 1. The van der Waals surface area contributed by atoms with Gasteiger partial charge in [0.15, 0.2) is 0 Å². The van der Waals surface area contributed by atoms with Crippen molar-refractivity contribution in [2.24, 2.45) is 0 Å². The summed E-state index contributed by atoms with van der Waals surface area (Å²) in [6.07, 6.45) is 9.93. The van der Waals surface area contributed by atoms with Crippen LogP contribution in [0.15, 0.2) is 0 Å². The topological polar surface area (TPSA) is 78.9 Å². The number of hydrogen-bond donors (Lipinski definition) is 2. The molecule has 1 aliphatic carbocycles. The molecule has 132 valence electrons. The molecule has 6 heteroatoms. The van der Waals surface area contributed by atoms with Crippen molar-refractivity contribution in [3.63, 3.8) is 0 Å². The van der Waals surface area contributed by atoms with E-state index in [-0.39, 0.29) is 12.5 Å². The molecule has 23 heavy (non-hydrogen) atoms. The Kier molecular flexibility index (Phi) is 7.82. The fraction of sp³-hybridized carbons (Fsp3) is 0.882. The molecule has 1 unspecified atom stereocenters. The third-order valence-electron chi connectivity index (χ3n) is 4.79. The van der Waals surface area contributed by atoms with Crippen molar-refractivity contribution in [2.75, 3.05) is 26.2 Å². The summed E-state index contributed by atoms with van der Waals surface area (Å²) in [7, 11) is 0. The van der Waals surface area contributed by atoms with Crippen LogP contribution in [0.1, 0.15) is 57.8 Å². The van der Waals surface area contributed by atoms with Gasteiger partial charge in [0, 0.05) is 13.2 Å². The number of hydrogen-bond acceptors (Lipinski definition) is 4. The summed E-state index contributed by atoms with van der Waals surface area (Å²) < 4.78 is 5.82. The summed E-state index contributed by atoms with van der Waals surface area (Å²) >= 11 is 0. The quantitative estimate of drug-likeness (QED) is 0.665. The minimum atomic E-state index is -0.821.